The molecule has 0 aliphatic heterocycles. The molecular formula is C56H38. The van der Waals surface area contributed by atoms with E-state index in [4.69, 9.17) is 0 Å². The smallest absolute Gasteiger partial charge is 0.00928 e. The number of rotatable bonds is 5. The number of fused-ring (bicyclic) bond motifs is 7. The summed E-state index contributed by atoms with van der Waals surface area (Å²) in [4.78, 5) is 0. The number of allylic oxidation sites excluding steroid dienone is 1. The maximum Gasteiger partial charge on any atom is -0.00928 e. The van der Waals surface area contributed by atoms with Crippen LogP contribution in [0.3, 0.4) is 0 Å². The van der Waals surface area contributed by atoms with E-state index >= 15 is 0 Å². The van der Waals surface area contributed by atoms with Crippen molar-refractivity contribution in [1.82, 2.24) is 0 Å². The van der Waals surface area contributed by atoms with E-state index in [1.807, 2.05) is 0 Å². The predicted molar refractivity (Wildman–Crippen MR) is 241 cm³/mol. The van der Waals surface area contributed by atoms with E-state index in [-0.39, 0.29) is 0 Å². The molecule has 0 amide bonds. The summed E-state index contributed by atoms with van der Waals surface area (Å²) in [5.41, 5.74) is 15.5. The fraction of sp³-hybridized carbons (Fsp3) is 0.0357. The standard InChI is InChI=1S/C56H38/c1-3-13-41(14-4-1)51-35-56-50-30-28-48(46-26-24-38-12-8-10-18-44(38)32-46)34-54(50)52(42-15-5-2-6-16-42)36-55(56)49-29-27-47(33-53(49)51)40-21-19-39(20-22-40)45-25-23-37-11-7-9-17-43(37)31-45/h1-26,28,30-36H,27,29H2. The summed E-state index contributed by atoms with van der Waals surface area (Å²) in [7, 11) is 0. The van der Waals surface area contributed by atoms with Gasteiger partial charge in [0.1, 0.15) is 0 Å². The lowest BCUT2D eigenvalue weighted by Gasteiger charge is -2.24. The maximum absolute atomic E-state index is 2.49. The van der Waals surface area contributed by atoms with Crippen molar-refractivity contribution in [2.24, 2.45) is 0 Å². The molecule has 0 fully saturated rings. The van der Waals surface area contributed by atoms with Crippen molar-refractivity contribution < 1.29 is 0 Å². The second-order valence-corrected chi connectivity index (χ2v) is 15.2. The fourth-order valence-electron chi connectivity index (χ4n) is 9.06. The minimum atomic E-state index is 0.986. The molecule has 0 N–H and O–H groups in total. The Labute approximate surface area is 327 Å². The Bertz CT molecular complexity index is 3150. The molecule has 0 radical (unpaired) electrons. The van der Waals surface area contributed by atoms with Gasteiger partial charge in [-0.05, 0) is 153 Å². The molecule has 0 saturated carbocycles. The van der Waals surface area contributed by atoms with Crippen LogP contribution in [0, 0.1) is 0 Å². The first kappa shape index (κ1) is 32.4. The van der Waals surface area contributed by atoms with E-state index in [1.165, 1.54) is 110 Å². The monoisotopic (exact) mass is 710 g/mol. The number of hydrogen-bond acceptors (Lipinski definition) is 0. The zero-order valence-corrected chi connectivity index (χ0v) is 31.0. The number of aryl methyl sites for hydroxylation is 1. The van der Waals surface area contributed by atoms with Gasteiger partial charge in [0.05, 0.1) is 0 Å². The molecule has 0 atom stereocenters. The Hall–Kier alpha value is -7.02. The van der Waals surface area contributed by atoms with Gasteiger partial charge in [0.15, 0.2) is 0 Å². The van der Waals surface area contributed by atoms with Gasteiger partial charge in [-0.2, -0.15) is 0 Å². The van der Waals surface area contributed by atoms with Crippen molar-refractivity contribution in [3.63, 3.8) is 0 Å². The molecule has 0 aromatic heterocycles. The molecule has 10 aromatic rings. The summed E-state index contributed by atoms with van der Waals surface area (Å²) in [6.07, 6.45) is 4.47. The molecule has 0 heterocycles. The van der Waals surface area contributed by atoms with Crippen LogP contribution in [0.15, 0.2) is 200 Å². The summed E-state index contributed by atoms with van der Waals surface area (Å²) in [6, 6.07) is 74.0. The van der Waals surface area contributed by atoms with Gasteiger partial charge in [0, 0.05) is 0 Å². The van der Waals surface area contributed by atoms with Crippen LogP contribution in [-0.2, 0) is 6.42 Å². The van der Waals surface area contributed by atoms with Gasteiger partial charge < -0.3 is 0 Å². The highest BCUT2D eigenvalue weighted by Gasteiger charge is 2.22. The third-order valence-electron chi connectivity index (χ3n) is 12.0. The van der Waals surface area contributed by atoms with Gasteiger partial charge in [-0.15, -0.1) is 0 Å². The maximum atomic E-state index is 2.49. The van der Waals surface area contributed by atoms with Gasteiger partial charge in [-0.3, -0.25) is 0 Å². The zero-order chi connectivity index (χ0) is 37.0. The second kappa shape index (κ2) is 13.4. The second-order valence-electron chi connectivity index (χ2n) is 15.2. The summed E-state index contributed by atoms with van der Waals surface area (Å²) >= 11 is 0. The molecule has 1 aliphatic carbocycles. The Balaban J connectivity index is 1.09. The van der Waals surface area contributed by atoms with Gasteiger partial charge in [0.25, 0.3) is 0 Å². The van der Waals surface area contributed by atoms with Crippen LogP contribution in [0.2, 0.25) is 0 Å². The third kappa shape index (κ3) is 5.62. The highest BCUT2D eigenvalue weighted by molar-refractivity contribution is 6.18. The number of benzene rings is 10. The molecule has 0 nitrogen and oxygen atoms in total. The third-order valence-corrected chi connectivity index (χ3v) is 12.0. The quantitative estimate of drug-likeness (QED) is 0.156. The van der Waals surface area contributed by atoms with Crippen LogP contribution in [0.5, 0.6) is 0 Å². The van der Waals surface area contributed by atoms with E-state index in [1.54, 1.807) is 0 Å². The Morgan fingerprint density at radius 1 is 0.268 bits per heavy atom. The fourth-order valence-corrected chi connectivity index (χ4v) is 9.06. The highest BCUT2D eigenvalue weighted by atomic mass is 14.3. The molecule has 0 unspecified atom stereocenters. The van der Waals surface area contributed by atoms with Crippen molar-refractivity contribution >= 4 is 54.7 Å². The van der Waals surface area contributed by atoms with Crippen LogP contribution < -0.4 is 0 Å². The van der Waals surface area contributed by atoms with Crippen molar-refractivity contribution in [1.29, 1.82) is 0 Å². The normalized spacial score (nSPS) is 12.6. The average Bonchev–Trinajstić information content (AvgIpc) is 3.28. The Kier molecular flexibility index (Phi) is 7.74. The topological polar surface area (TPSA) is 0 Å². The number of hydrogen-bond donors (Lipinski definition) is 0. The first-order chi connectivity index (χ1) is 27.7. The van der Waals surface area contributed by atoms with E-state index in [2.05, 4.69) is 206 Å². The molecule has 1 aliphatic rings. The molecular weight excluding hydrogens is 673 g/mol. The minimum Gasteiger partial charge on any atom is -0.0622 e. The van der Waals surface area contributed by atoms with Gasteiger partial charge in [-0.1, -0.05) is 176 Å². The zero-order valence-electron chi connectivity index (χ0n) is 31.0. The van der Waals surface area contributed by atoms with E-state index in [0.29, 0.717) is 0 Å². The summed E-state index contributed by atoms with van der Waals surface area (Å²) in [6.45, 7) is 0. The lowest BCUT2D eigenvalue weighted by atomic mass is 9.80. The van der Waals surface area contributed by atoms with E-state index < -0.39 is 0 Å². The molecule has 0 saturated heterocycles. The molecule has 262 valence electrons. The molecule has 0 heteroatoms. The minimum absolute atomic E-state index is 0.986. The molecule has 56 heavy (non-hydrogen) atoms. The first-order valence-electron chi connectivity index (χ1n) is 19.7. The van der Waals surface area contributed by atoms with Gasteiger partial charge in [-0.25, -0.2) is 0 Å². The van der Waals surface area contributed by atoms with Gasteiger partial charge in [0.2, 0.25) is 0 Å². The van der Waals surface area contributed by atoms with Crippen LogP contribution in [0.25, 0.3) is 99.2 Å². The van der Waals surface area contributed by atoms with Crippen molar-refractivity contribution in [3.8, 4) is 44.5 Å². The van der Waals surface area contributed by atoms with Crippen molar-refractivity contribution in [2.75, 3.05) is 0 Å². The molecule has 11 rings (SSSR count). The lowest BCUT2D eigenvalue weighted by molar-refractivity contribution is 1.01. The summed E-state index contributed by atoms with van der Waals surface area (Å²) in [5.74, 6) is 0. The SMILES string of the molecule is C1=C(c2ccc(-c3ccc4ccccc4c3)cc2)CCc2c1c(-c1ccccc1)cc1c2cc(-c2ccccc2)c2cc(-c3ccc4ccccc4c3)ccc21. The molecule has 0 bridgehead atoms. The van der Waals surface area contributed by atoms with E-state index in [9.17, 15) is 0 Å². The van der Waals surface area contributed by atoms with Crippen LogP contribution in [0.1, 0.15) is 23.1 Å². The highest BCUT2D eigenvalue weighted by Crippen LogP contribution is 2.45. The largest absolute Gasteiger partial charge is 0.0622 e. The van der Waals surface area contributed by atoms with Crippen LogP contribution in [-0.4, -0.2) is 0 Å². The predicted octanol–water partition coefficient (Wildman–Crippen LogP) is 15.5. The Morgan fingerprint density at radius 3 is 1.43 bits per heavy atom. The van der Waals surface area contributed by atoms with Crippen molar-refractivity contribution in [3.05, 3.63) is 217 Å². The van der Waals surface area contributed by atoms with Crippen LogP contribution >= 0.6 is 0 Å². The van der Waals surface area contributed by atoms with Crippen LogP contribution in [0.4, 0.5) is 0 Å². The summed E-state index contributed by atoms with van der Waals surface area (Å²) < 4.78 is 0. The van der Waals surface area contributed by atoms with Crippen molar-refractivity contribution in [2.45, 2.75) is 12.8 Å². The van der Waals surface area contributed by atoms with E-state index in [0.717, 1.165) is 12.8 Å². The molecule has 0 spiro atoms. The summed E-state index contributed by atoms with van der Waals surface area (Å²) in [5, 5.41) is 10.3. The Morgan fingerprint density at radius 2 is 0.768 bits per heavy atom. The first-order valence-corrected chi connectivity index (χ1v) is 19.7. The lowest BCUT2D eigenvalue weighted by Crippen LogP contribution is -2.03. The van der Waals surface area contributed by atoms with Gasteiger partial charge >= 0.3 is 0 Å². The molecule has 10 aromatic carbocycles. The average molecular weight is 711 g/mol.